The van der Waals surface area contributed by atoms with Gasteiger partial charge in [-0.25, -0.2) is 0 Å². The lowest BCUT2D eigenvalue weighted by Gasteiger charge is -2.18. The molecule has 1 unspecified atom stereocenters. The molecule has 1 N–H and O–H groups in total. The van der Waals surface area contributed by atoms with Gasteiger partial charge in [0, 0.05) is 12.6 Å². The number of hydrogen-bond acceptors (Lipinski definition) is 3. The summed E-state index contributed by atoms with van der Waals surface area (Å²) in [6.45, 7) is 16.2. The van der Waals surface area contributed by atoms with Crippen LogP contribution in [0.25, 0.3) is 0 Å². The predicted molar refractivity (Wildman–Crippen MR) is 79.8 cm³/mol. The molecule has 0 spiro atoms. The van der Waals surface area contributed by atoms with Crippen LogP contribution in [-0.2, 0) is 4.74 Å². The lowest BCUT2D eigenvalue weighted by molar-refractivity contribution is 0.231. The Balaban J connectivity index is 3.81. The van der Waals surface area contributed by atoms with E-state index >= 15 is 0 Å². The normalized spacial score (nSPS) is 13.8. The molecule has 0 bridgehead atoms. The highest BCUT2D eigenvalue weighted by Crippen LogP contribution is 2.02. The molecule has 0 heterocycles. The molecule has 0 aliphatic rings. The minimum Gasteiger partial charge on any atom is -0.499 e. The fourth-order valence-electron chi connectivity index (χ4n) is 1.59. The summed E-state index contributed by atoms with van der Waals surface area (Å²) >= 11 is 0. The lowest BCUT2D eigenvalue weighted by Crippen LogP contribution is -2.31. The largest absolute Gasteiger partial charge is 0.499 e. The van der Waals surface area contributed by atoms with Gasteiger partial charge in [-0.05, 0) is 59.0 Å². The first-order valence-electron chi connectivity index (χ1n) is 6.90. The van der Waals surface area contributed by atoms with Gasteiger partial charge in [0.1, 0.15) is 0 Å². The van der Waals surface area contributed by atoms with Crippen molar-refractivity contribution < 1.29 is 4.74 Å². The fourth-order valence-corrected chi connectivity index (χ4v) is 1.59. The van der Waals surface area contributed by atoms with Crippen molar-refractivity contribution in [2.75, 3.05) is 33.3 Å². The Kier molecular flexibility index (Phi) is 9.70. The quantitative estimate of drug-likeness (QED) is 0.479. The first-order valence-corrected chi connectivity index (χ1v) is 6.90. The summed E-state index contributed by atoms with van der Waals surface area (Å²) in [6.07, 6.45) is 3.16. The molecule has 0 aromatic carbocycles. The Bertz CT molecular complexity index is 261. The van der Waals surface area contributed by atoms with Gasteiger partial charge in [-0.15, -0.1) is 0 Å². The molecule has 0 amide bonds. The van der Waals surface area contributed by atoms with Gasteiger partial charge < -0.3 is 15.0 Å². The summed E-state index contributed by atoms with van der Waals surface area (Å²) in [7, 11) is 2.15. The predicted octanol–water partition coefficient (Wildman–Crippen LogP) is 2.80. The van der Waals surface area contributed by atoms with Crippen LogP contribution >= 0.6 is 0 Å². The molecule has 1 atom stereocenters. The Hall–Kier alpha value is -0.800. The topological polar surface area (TPSA) is 24.5 Å². The highest BCUT2D eigenvalue weighted by atomic mass is 16.5. The number of hydrogen-bond donors (Lipinski definition) is 1. The second-order valence-electron chi connectivity index (χ2n) is 4.81. The number of ether oxygens (including phenoxy) is 1. The van der Waals surface area contributed by atoms with E-state index in [1.165, 1.54) is 0 Å². The molecule has 0 fully saturated rings. The summed E-state index contributed by atoms with van der Waals surface area (Å²) in [5, 5.41) is 3.48. The molecule has 0 radical (unpaired) electrons. The van der Waals surface area contributed by atoms with Gasteiger partial charge in [0.2, 0.25) is 0 Å². The van der Waals surface area contributed by atoms with Gasteiger partial charge in [-0.3, -0.25) is 0 Å². The third-order valence-corrected chi connectivity index (χ3v) is 2.94. The first kappa shape index (κ1) is 17.2. The molecular weight excluding hydrogens is 224 g/mol. The number of nitrogens with one attached hydrogen (secondary N) is 1. The minimum atomic E-state index is 0.511. The van der Waals surface area contributed by atoms with Crippen LogP contribution in [-0.4, -0.2) is 44.2 Å². The Labute approximate surface area is 113 Å². The third-order valence-electron chi connectivity index (χ3n) is 2.94. The van der Waals surface area contributed by atoms with E-state index in [2.05, 4.69) is 37.7 Å². The van der Waals surface area contributed by atoms with E-state index < -0.39 is 0 Å². The van der Waals surface area contributed by atoms with Crippen molar-refractivity contribution in [3.05, 3.63) is 24.0 Å². The zero-order valence-electron chi connectivity index (χ0n) is 12.8. The molecule has 0 rings (SSSR count). The minimum absolute atomic E-state index is 0.511. The van der Waals surface area contributed by atoms with E-state index in [9.17, 15) is 0 Å². The number of rotatable bonds is 10. The molecule has 3 nitrogen and oxygen atoms in total. The van der Waals surface area contributed by atoms with E-state index in [0.717, 1.165) is 37.4 Å². The van der Waals surface area contributed by atoms with Crippen LogP contribution in [0.5, 0.6) is 0 Å². The van der Waals surface area contributed by atoms with Gasteiger partial charge >= 0.3 is 0 Å². The number of allylic oxidation sites excluding steroid dienone is 1. The van der Waals surface area contributed by atoms with Gasteiger partial charge in [0.05, 0.1) is 12.4 Å². The van der Waals surface area contributed by atoms with Crippen molar-refractivity contribution in [3.8, 4) is 0 Å². The van der Waals surface area contributed by atoms with Crippen LogP contribution in [0.4, 0.5) is 0 Å². The second kappa shape index (κ2) is 10.2. The highest BCUT2D eigenvalue weighted by molar-refractivity contribution is 5.18. The van der Waals surface area contributed by atoms with E-state index in [1.807, 2.05) is 19.9 Å². The lowest BCUT2D eigenvalue weighted by atomic mass is 10.2. The van der Waals surface area contributed by atoms with Crippen LogP contribution in [0, 0.1) is 0 Å². The van der Waals surface area contributed by atoms with Gasteiger partial charge in [0.15, 0.2) is 0 Å². The maximum absolute atomic E-state index is 5.38. The van der Waals surface area contributed by atoms with E-state index in [4.69, 9.17) is 4.74 Å². The van der Waals surface area contributed by atoms with E-state index in [0.29, 0.717) is 12.6 Å². The maximum atomic E-state index is 5.38. The van der Waals surface area contributed by atoms with Crippen LogP contribution in [0.1, 0.15) is 34.1 Å². The molecule has 0 saturated carbocycles. The summed E-state index contributed by atoms with van der Waals surface area (Å²) in [5.74, 6) is 0.933. The number of nitrogens with zero attached hydrogens (tertiary/aromatic N) is 1. The van der Waals surface area contributed by atoms with Crippen molar-refractivity contribution in [2.24, 2.45) is 0 Å². The summed E-state index contributed by atoms with van der Waals surface area (Å²) < 4.78 is 5.38. The molecular formula is C15H30N2O. The molecule has 0 aliphatic carbocycles. The molecule has 0 aromatic heterocycles. The maximum Gasteiger partial charge on any atom is 0.0931 e. The third kappa shape index (κ3) is 9.25. The van der Waals surface area contributed by atoms with Crippen LogP contribution < -0.4 is 5.32 Å². The van der Waals surface area contributed by atoms with Crippen molar-refractivity contribution in [1.29, 1.82) is 0 Å². The molecule has 0 aliphatic heterocycles. The Morgan fingerprint density at radius 1 is 1.44 bits per heavy atom. The first-order chi connectivity index (χ1) is 8.49. The molecule has 0 saturated heterocycles. The SMILES string of the molecule is C=C(/C=C(\C)OCC)CNC(C)CCN(C)CC. The van der Waals surface area contributed by atoms with Gasteiger partial charge in [-0.2, -0.15) is 0 Å². The zero-order valence-corrected chi connectivity index (χ0v) is 12.8. The van der Waals surface area contributed by atoms with Crippen molar-refractivity contribution in [2.45, 2.75) is 40.2 Å². The van der Waals surface area contributed by atoms with Crippen LogP contribution in [0.15, 0.2) is 24.0 Å². The van der Waals surface area contributed by atoms with Crippen LogP contribution in [0.2, 0.25) is 0 Å². The summed E-state index contributed by atoms with van der Waals surface area (Å²) in [6, 6.07) is 0.511. The smallest absolute Gasteiger partial charge is 0.0931 e. The monoisotopic (exact) mass is 254 g/mol. The summed E-state index contributed by atoms with van der Waals surface area (Å²) in [5.41, 5.74) is 1.07. The molecule has 3 heteroatoms. The average molecular weight is 254 g/mol. The molecule has 0 aromatic rings. The Morgan fingerprint density at radius 2 is 2.11 bits per heavy atom. The van der Waals surface area contributed by atoms with Crippen LogP contribution in [0.3, 0.4) is 0 Å². The van der Waals surface area contributed by atoms with Crippen molar-refractivity contribution >= 4 is 0 Å². The summed E-state index contributed by atoms with van der Waals surface area (Å²) in [4.78, 5) is 2.33. The van der Waals surface area contributed by atoms with E-state index in [1.54, 1.807) is 0 Å². The van der Waals surface area contributed by atoms with E-state index in [-0.39, 0.29) is 0 Å². The Morgan fingerprint density at radius 3 is 2.67 bits per heavy atom. The standard InChI is InChI=1S/C15H30N2O/c1-7-17(6)10-9-14(4)16-12-13(3)11-15(5)18-8-2/h11,14,16H,3,7-10,12H2,1-2,4-6H3/b15-11+. The van der Waals surface area contributed by atoms with Crippen molar-refractivity contribution in [1.82, 2.24) is 10.2 Å². The molecule has 18 heavy (non-hydrogen) atoms. The van der Waals surface area contributed by atoms with Gasteiger partial charge in [-0.1, -0.05) is 13.5 Å². The highest BCUT2D eigenvalue weighted by Gasteiger charge is 2.03. The van der Waals surface area contributed by atoms with Crippen molar-refractivity contribution in [3.63, 3.8) is 0 Å². The molecule has 106 valence electrons. The average Bonchev–Trinajstić information content (AvgIpc) is 2.33. The zero-order chi connectivity index (χ0) is 14.0. The second-order valence-corrected chi connectivity index (χ2v) is 4.81. The fraction of sp³-hybridized carbons (Fsp3) is 0.733. The van der Waals surface area contributed by atoms with Gasteiger partial charge in [0.25, 0.3) is 0 Å².